The van der Waals surface area contributed by atoms with Crippen molar-refractivity contribution in [1.82, 2.24) is 5.43 Å². The summed E-state index contributed by atoms with van der Waals surface area (Å²) in [6.07, 6.45) is 0. The number of non-ortho nitro benzene ring substituents is 1. The lowest BCUT2D eigenvalue weighted by Gasteiger charge is -2.23. The molecule has 0 unspecified atom stereocenters. The summed E-state index contributed by atoms with van der Waals surface area (Å²) >= 11 is 4.85. The first-order valence-electron chi connectivity index (χ1n) is 6.29. The molecule has 0 saturated carbocycles. The van der Waals surface area contributed by atoms with E-state index in [0.717, 1.165) is 11.1 Å². The molecule has 0 bridgehead atoms. The molecule has 3 N–H and O–H groups in total. The number of hydrogen-bond donors (Lipinski definition) is 2. The number of benzene rings is 2. The monoisotopic (exact) mass is 334 g/mol. The molecule has 2 aromatic carbocycles. The van der Waals surface area contributed by atoms with Gasteiger partial charge in [-0.25, -0.2) is 9.40 Å². The number of carbonyl (C=O) groups excluding carboxylic acids is 1. The first-order chi connectivity index (χ1) is 10.9. The Morgan fingerprint density at radius 2 is 1.91 bits per heavy atom. The molecular weight excluding hydrogens is 323 g/mol. The van der Waals surface area contributed by atoms with Crippen LogP contribution in [0.5, 0.6) is 0 Å². The average Bonchev–Trinajstić information content (AvgIpc) is 2.53. The van der Waals surface area contributed by atoms with E-state index in [2.05, 4.69) is 5.43 Å². The van der Waals surface area contributed by atoms with Gasteiger partial charge in [0.15, 0.2) is 5.11 Å². The first-order valence-corrected chi connectivity index (χ1v) is 6.70. The highest BCUT2D eigenvalue weighted by molar-refractivity contribution is 7.80. The molecule has 0 aromatic heterocycles. The van der Waals surface area contributed by atoms with Crippen molar-refractivity contribution in [1.29, 1.82) is 0 Å². The molecule has 2 rings (SSSR count). The number of nitrogens with two attached hydrogens (primary N) is 1. The molecule has 0 spiro atoms. The van der Waals surface area contributed by atoms with Gasteiger partial charge >= 0.3 is 0 Å². The topological polar surface area (TPSA) is 102 Å². The summed E-state index contributed by atoms with van der Waals surface area (Å²) in [5.74, 6) is -1.10. The predicted molar refractivity (Wildman–Crippen MR) is 86.2 cm³/mol. The zero-order valence-electron chi connectivity index (χ0n) is 11.6. The summed E-state index contributed by atoms with van der Waals surface area (Å²) in [4.78, 5) is 22.3. The maximum atomic E-state index is 13.0. The van der Waals surface area contributed by atoms with Crippen LogP contribution in [0.2, 0.25) is 0 Å². The Kier molecular flexibility index (Phi) is 4.82. The maximum absolute atomic E-state index is 13.0. The highest BCUT2D eigenvalue weighted by Crippen LogP contribution is 2.15. The predicted octanol–water partition coefficient (Wildman–Crippen LogP) is 2.13. The van der Waals surface area contributed by atoms with Gasteiger partial charge in [0, 0.05) is 17.7 Å². The van der Waals surface area contributed by atoms with E-state index in [-0.39, 0.29) is 16.4 Å². The molecule has 0 saturated heterocycles. The minimum Gasteiger partial charge on any atom is -0.374 e. The van der Waals surface area contributed by atoms with Gasteiger partial charge < -0.3 is 5.73 Å². The molecule has 0 heterocycles. The number of halogens is 1. The van der Waals surface area contributed by atoms with Crippen LogP contribution < -0.4 is 16.2 Å². The van der Waals surface area contributed by atoms with Crippen molar-refractivity contribution in [2.45, 2.75) is 0 Å². The van der Waals surface area contributed by atoms with E-state index in [9.17, 15) is 19.3 Å². The molecule has 0 radical (unpaired) electrons. The summed E-state index contributed by atoms with van der Waals surface area (Å²) in [5.41, 5.74) is 8.15. The van der Waals surface area contributed by atoms with Crippen molar-refractivity contribution in [2.75, 3.05) is 5.01 Å². The van der Waals surface area contributed by atoms with Crippen molar-refractivity contribution >= 4 is 34.6 Å². The smallest absolute Gasteiger partial charge is 0.270 e. The Labute approximate surface area is 135 Å². The van der Waals surface area contributed by atoms with Crippen LogP contribution in [0.1, 0.15) is 10.4 Å². The van der Waals surface area contributed by atoms with E-state index in [4.69, 9.17) is 18.0 Å². The van der Waals surface area contributed by atoms with Crippen LogP contribution in [0.25, 0.3) is 0 Å². The minimum absolute atomic E-state index is 0.0579. The van der Waals surface area contributed by atoms with Gasteiger partial charge in [-0.3, -0.25) is 20.3 Å². The van der Waals surface area contributed by atoms with Gasteiger partial charge in [-0.2, -0.15) is 0 Å². The number of carbonyl (C=O) groups is 1. The molecule has 0 aliphatic carbocycles. The summed E-state index contributed by atoms with van der Waals surface area (Å²) in [5, 5.41) is 11.7. The van der Waals surface area contributed by atoms with Gasteiger partial charge in [-0.15, -0.1) is 0 Å². The number of thiocarbonyl (C=S) groups is 1. The molecule has 118 valence electrons. The highest BCUT2D eigenvalue weighted by atomic mass is 32.1. The number of hydrazine groups is 1. The standard InChI is InChI=1S/C14H11FN4O3S/c15-10-4-6-11(7-5-10)18(14(16)23)17-13(20)9-2-1-3-12(8-9)19(21)22/h1-8H,(H2,16,23)(H,17,20). The molecule has 0 aliphatic heterocycles. The molecule has 2 aromatic rings. The summed E-state index contributed by atoms with van der Waals surface area (Å²) in [7, 11) is 0. The van der Waals surface area contributed by atoms with Gasteiger partial charge in [0.05, 0.1) is 10.6 Å². The summed E-state index contributed by atoms with van der Waals surface area (Å²) in [6.45, 7) is 0. The van der Waals surface area contributed by atoms with Gasteiger partial charge in [-0.1, -0.05) is 6.07 Å². The quantitative estimate of drug-likeness (QED) is 0.506. The molecular formula is C14H11FN4O3S. The van der Waals surface area contributed by atoms with Crippen molar-refractivity contribution in [3.63, 3.8) is 0 Å². The molecule has 0 fully saturated rings. The first kappa shape index (κ1) is 16.3. The fourth-order valence-corrected chi connectivity index (χ4v) is 1.91. The number of nitrogens with zero attached hydrogens (tertiary/aromatic N) is 2. The number of anilines is 1. The van der Waals surface area contributed by atoms with Crippen molar-refractivity contribution < 1.29 is 14.1 Å². The van der Waals surface area contributed by atoms with Gasteiger partial charge in [0.2, 0.25) is 0 Å². The van der Waals surface area contributed by atoms with Gasteiger partial charge in [0.25, 0.3) is 11.6 Å². The van der Waals surface area contributed by atoms with Crippen LogP contribution in [0.4, 0.5) is 15.8 Å². The Morgan fingerprint density at radius 1 is 1.26 bits per heavy atom. The third-order valence-electron chi connectivity index (χ3n) is 2.84. The van der Waals surface area contributed by atoms with Crippen molar-refractivity contribution in [3.8, 4) is 0 Å². The average molecular weight is 334 g/mol. The third-order valence-corrected chi connectivity index (χ3v) is 3.02. The van der Waals surface area contributed by atoms with E-state index in [1.807, 2.05) is 0 Å². The molecule has 0 atom stereocenters. The van der Waals surface area contributed by atoms with Crippen LogP contribution in [0.15, 0.2) is 48.5 Å². The Balaban J connectivity index is 2.25. The number of nitrogens with one attached hydrogen (secondary N) is 1. The lowest BCUT2D eigenvalue weighted by atomic mass is 10.2. The van der Waals surface area contributed by atoms with Crippen LogP contribution in [0, 0.1) is 15.9 Å². The second-order valence-corrected chi connectivity index (χ2v) is 4.82. The Morgan fingerprint density at radius 3 is 2.48 bits per heavy atom. The summed E-state index contributed by atoms with van der Waals surface area (Å²) < 4.78 is 13.0. The lowest BCUT2D eigenvalue weighted by molar-refractivity contribution is -0.384. The van der Waals surface area contributed by atoms with Gasteiger partial charge in [0.1, 0.15) is 5.82 Å². The van der Waals surface area contributed by atoms with Crippen LogP contribution in [-0.2, 0) is 0 Å². The number of hydrogen-bond acceptors (Lipinski definition) is 4. The number of nitro benzene ring substituents is 1. The van der Waals surface area contributed by atoms with E-state index in [0.29, 0.717) is 5.69 Å². The zero-order valence-corrected chi connectivity index (χ0v) is 12.4. The molecule has 0 aliphatic rings. The summed E-state index contributed by atoms with van der Waals surface area (Å²) in [6, 6.07) is 10.3. The fourth-order valence-electron chi connectivity index (χ4n) is 1.76. The molecule has 1 amide bonds. The number of amides is 1. The normalized spacial score (nSPS) is 9.96. The Bertz CT molecular complexity index is 767. The number of rotatable bonds is 3. The lowest BCUT2D eigenvalue weighted by Crippen LogP contribution is -2.49. The van der Waals surface area contributed by atoms with Crippen LogP contribution >= 0.6 is 12.2 Å². The number of nitro groups is 1. The fraction of sp³-hybridized carbons (Fsp3) is 0. The van der Waals surface area contributed by atoms with Gasteiger partial charge in [-0.05, 0) is 42.5 Å². The maximum Gasteiger partial charge on any atom is 0.270 e. The van der Waals surface area contributed by atoms with Crippen LogP contribution in [-0.4, -0.2) is 15.9 Å². The van der Waals surface area contributed by atoms with E-state index in [1.54, 1.807) is 0 Å². The zero-order chi connectivity index (χ0) is 17.0. The second-order valence-electron chi connectivity index (χ2n) is 4.40. The van der Waals surface area contributed by atoms with E-state index < -0.39 is 16.6 Å². The molecule has 9 heteroatoms. The third kappa shape index (κ3) is 3.98. The minimum atomic E-state index is -0.647. The largest absolute Gasteiger partial charge is 0.374 e. The Hall–Kier alpha value is -3.07. The van der Waals surface area contributed by atoms with E-state index in [1.165, 1.54) is 42.5 Å². The van der Waals surface area contributed by atoms with Crippen molar-refractivity contribution in [3.05, 3.63) is 70.0 Å². The second kappa shape index (κ2) is 6.79. The molecule has 23 heavy (non-hydrogen) atoms. The molecule has 7 nitrogen and oxygen atoms in total. The van der Waals surface area contributed by atoms with E-state index >= 15 is 0 Å². The SMILES string of the molecule is NC(=S)N(NC(=O)c1cccc([N+](=O)[O-])c1)c1ccc(F)cc1. The highest BCUT2D eigenvalue weighted by Gasteiger charge is 2.16. The van der Waals surface area contributed by atoms with Crippen molar-refractivity contribution in [2.24, 2.45) is 5.73 Å². The van der Waals surface area contributed by atoms with Crippen LogP contribution in [0.3, 0.4) is 0 Å².